The molecule has 0 heterocycles. The lowest BCUT2D eigenvalue weighted by molar-refractivity contribution is -0.123. The Morgan fingerprint density at radius 1 is 1.08 bits per heavy atom. The predicted octanol–water partition coefficient (Wildman–Crippen LogP) is 4.76. The van der Waals surface area contributed by atoms with Gasteiger partial charge in [0, 0.05) is 0 Å². The quantitative estimate of drug-likeness (QED) is 0.796. The van der Waals surface area contributed by atoms with E-state index in [-0.39, 0.29) is 18.6 Å². The maximum Gasteiger partial charge on any atom is 0.258 e. The van der Waals surface area contributed by atoms with E-state index in [0.717, 1.165) is 23.3 Å². The summed E-state index contributed by atoms with van der Waals surface area (Å²) in [6.07, 6.45) is 0.845. The summed E-state index contributed by atoms with van der Waals surface area (Å²) in [6, 6.07) is 16.2. The zero-order valence-corrected chi connectivity index (χ0v) is 15.0. The van der Waals surface area contributed by atoms with Crippen molar-refractivity contribution < 1.29 is 9.53 Å². The second-order valence-corrected chi connectivity index (χ2v) is 6.42. The van der Waals surface area contributed by atoms with Gasteiger partial charge in [0.15, 0.2) is 6.61 Å². The highest BCUT2D eigenvalue weighted by molar-refractivity contribution is 5.78. The van der Waals surface area contributed by atoms with E-state index < -0.39 is 0 Å². The number of ether oxygens (including phenoxy) is 1. The van der Waals surface area contributed by atoms with Gasteiger partial charge in [0.25, 0.3) is 5.91 Å². The summed E-state index contributed by atoms with van der Waals surface area (Å²) in [5.74, 6) is 1.05. The van der Waals surface area contributed by atoms with Crippen molar-refractivity contribution in [1.29, 1.82) is 0 Å². The second-order valence-electron chi connectivity index (χ2n) is 6.42. The molecule has 1 unspecified atom stereocenters. The Labute approximate surface area is 145 Å². The predicted molar refractivity (Wildman–Crippen MR) is 98.4 cm³/mol. The standard InChI is InChI=1S/C21H27NO2/c1-5-19(17-12-10-16(4)11-13-17)22-21(23)14-24-20-9-7-6-8-18(20)15(2)3/h6-13,15,19H,5,14H2,1-4H3,(H,22,23). The number of para-hydroxylation sites is 1. The first-order valence-electron chi connectivity index (χ1n) is 8.59. The number of hydrogen-bond acceptors (Lipinski definition) is 2. The van der Waals surface area contributed by atoms with Crippen molar-refractivity contribution in [2.24, 2.45) is 0 Å². The fourth-order valence-corrected chi connectivity index (χ4v) is 2.69. The lowest BCUT2D eigenvalue weighted by Gasteiger charge is -2.19. The van der Waals surface area contributed by atoms with Gasteiger partial charge in [0.2, 0.25) is 0 Å². The van der Waals surface area contributed by atoms with Gasteiger partial charge in [-0.05, 0) is 36.5 Å². The minimum absolute atomic E-state index is 0.0158. The highest BCUT2D eigenvalue weighted by Crippen LogP contribution is 2.25. The number of hydrogen-bond donors (Lipinski definition) is 1. The summed E-state index contributed by atoms with van der Waals surface area (Å²) in [5.41, 5.74) is 3.46. The smallest absolute Gasteiger partial charge is 0.258 e. The third-order valence-corrected chi connectivity index (χ3v) is 4.12. The Morgan fingerprint density at radius 3 is 2.38 bits per heavy atom. The summed E-state index contributed by atoms with van der Waals surface area (Å²) in [6.45, 7) is 8.40. The minimum atomic E-state index is -0.0963. The number of amides is 1. The van der Waals surface area contributed by atoms with Gasteiger partial charge in [0.05, 0.1) is 6.04 Å². The summed E-state index contributed by atoms with van der Waals surface area (Å²) < 4.78 is 5.75. The second kappa shape index (κ2) is 8.53. The van der Waals surface area contributed by atoms with E-state index in [0.29, 0.717) is 5.92 Å². The van der Waals surface area contributed by atoms with Crippen LogP contribution in [0.1, 0.15) is 55.8 Å². The van der Waals surface area contributed by atoms with Crippen molar-refractivity contribution in [2.75, 3.05) is 6.61 Å². The van der Waals surface area contributed by atoms with Crippen LogP contribution in [0.25, 0.3) is 0 Å². The van der Waals surface area contributed by atoms with Gasteiger partial charge in [-0.1, -0.05) is 68.8 Å². The van der Waals surface area contributed by atoms with Crippen molar-refractivity contribution in [3.63, 3.8) is 0 Å². The fourth-order valence-electron chi connectivity index (χ4n) is 2.69. The van der Waals surface area contributed by atoms with Crippen LogP contribution in [0.3, 0.4) is 0 Å². The fraction of sp³-hybridized carbons (Fsp3) is 0.381. The van der Waals surface area contributed by atoms with E-state index in [1.54, 1.807) is 0 Å². The van der Waals surface area contributed by atoms with Crippen LogP contribution in [0.2, 0.25) is 0 Å². The Morgan fingerprint density at radius 2 is 1.75 bits per heavy atom. The molecule has 24 heavy (non-hydrogen) atoms. The van der Waals surface area contributed by atoms with E-state index >= 15 is 0 Å². The summed E-state index contributed by atoms with van der Waals surface area (Å²) in [4.78, 5) is 12.3. The zero-order valence-electron chi connectivity index (χ0n) is 15.0. The molecule has 0 aliphatic rings. The SMILES string of the molecule is CCC(NC(=O)COc1ccccc1C(C)C)c1ccc(C)cc1. The topological polar surface area (TPSA) is 38.3 Å². The van der Waals surface area contributed by atoms with Crippen molar-refractivity contribution in [1.82, 2.24) is 5.32 Å². The molecule has 0 spiro atoms. The number of rotatable bonds is 7. The number of carbonyl (C=O) groups is 1. The zero-order chi connectivity index (χ0) is 17.5. The summed E-state index contributed by atoms with van der Waals surface area (Å²) in [7, 11) is 0. The lowest BCUT2D eigenvalue weighted by atomic mass is 10.0. The normalized spacial score (nSPS) is 12.0. The molecule has 1 amide bonds. The van der Waals surface area contributed by atoms with Crippen LogP contribution in [0.4, 0.5) is 0 Å². The van der Waals surface area contributed by atoms with Crippen LogP contribution in [-0.4, -0.2) is 12.5 Å². The van der Waals surface area contributed by atoms with Crippen molar-refractivity contribution >= 4 is 5.91 Å². The van der Waals surface area contributed by atoms with Gasteiger partial charge < -0.3 is 10.1 Å². The van der Waals surface area contributed by atoms with Gasteiger partial charge >= 0.3 is 0 Å². The largest absolute Gasteiger partial charge is 0.483 e. The van der Waals surface area contributed by atoms with Crippen LogP contribution in [-0.2, 0) is 4.79 Å². The van der Waals surface area contributed by atoms with Crippen LogP contribution >= 0.6 is 0 Å². The summed E-state index contributed by atoms with van der Waals surface area (Å²) >= 11 is 0. The molecule has 0 radical (unpaired) electrons. The molecule has 0 saturated carbocycles. The molecule has 1 atom stereocenters. The first kappa shape index (κ1) is 18.1. The molecule has 128 valence electrons. The van der Waals surface area contributed by atoms with E-state index in [1.807, 2.05) is 24.3 Å². The van der Waals surface area contributed by atoms with Gasteiger partial charge in [-0.2, -0.15) is 0 Å². The van der Waals surface area contributed by atoms with Crippen molar-refractivity contribution in [2.45, 2.75) is 46.1 Å². The Hall–Kier alpha value is -2.29. The minimum Gasteiger partial charge on any atom is -0.483 e. The van der Waals surface area contributed by atoms with Crippen molar-refractivity contribution in [3.05, 3.63) is 65.2 Å². The molecule has 2 aromatic carbocycles. The Bertz CT molecular complexity index is 662. The van der Waals surface area contributed by atoms with Crippen LogP contribution in [0.15, 0.2) is 48.5 Å². The third kappa shape index (κ3) is 4.85. The van der Waals surface area contributed by atoms with E-state index in [2.05, 4.69) is 57.3 Å². The van der Waals surface area contributed by atoms with Crippen LogP contribution in [0.5, 0.6) is 5.75 Å². The molecule has 0 bridgehead atoms. The number of aryl methyl sites for hydroxylation is 1. The third-order valence-electron chi connectivity index (χ3n) is 4.12. The van der Waals surface area contributed by atoms with E-state index in [1.165, 1.54) is 5.56 Å². The van der Waals surface area contributed by atoms with Gasteiger partial charge in [0.1, 0.15) is 5.75 Å². The van der Waals surface area contributed by atoms with E-state index in [4.69, 9.17) is 4.74 Å². The molecule has 0 aliphatic heterocycles. The molecule has 2 aromatic rings. The maximum absolute atomic E-state index is 12.3. The van der Waals surface area contributed by atoms with E-state index in [9.17, 15) is 4.79 Å². The molecule has 0 fully saturated rings. The maximum atomic E-state index is 12.3. The Kier molecular flexibility index (Phi) is 6.42. The molecule has 0 saturated heterocycles. The summed E-state index contributed by atoms with van der Waals surface area (Å²) in [5, 5.41) is 3.06. The monoisotopic (exact) mass is 325 g/mol. The van der Waals surface area contributed by atoms with Crippen molar-refractivity contribution in [3.8, 4) is 5.75 Å². The van der Waals surface area contributed by atoms with Gasteiger partial charge in [-0.15, -0.1) is 0 Å². The highest BCUT2D eigenvalue weighted by atomic mass is 16.5. The molecule has 0 aromatic heterocycles. The number of benzene rings is 2. The number of carbonyl (C=O) groups excluding carboxylic acids is 1. The average molecular weight is 325 g/mol. The molecular formula is C21H27NO2. The van der Waals surface area contributed by atoms with Crippen LogP contribution in [0, 0.1) is 6.92 Å². The van der Waals surface area contributed by atoms with Gasteiger partial charge in [-0.25, -0.2) is 0 Å². The first-order chi connectivity index (χ1) is 11.5. The number of nitrogens with one attached hydrogen (secondary N) is 1. The first-order valence-corrected chi connectivity index (χ1v) is 8.59. The molecule has 3 nitrogen and oxygen atoms in total. The molecule has 3 heteroatoms. The molecular weight excluding hydrogens is 298 g/mol. The molecule has 2 rings (SSSR count). The highest BCUT2D eigenvalue weighted by Gasteiger charge is 2.14. The Balaban J connectivity index is 1.96. The van der Waals surface area contributed by atoms with Crippen LogP contribution < -0.4 is 10.1 Å². The lowest BCUT2D eigenvalue weighted by Crippen LogP contribution is -2.32. The van der Waals surface area contributed by atoms with Gasteiger partial charge in [-0.3, -0.25) is 4.79 Å². The molecule has 1 N–H and O–H groups in total. The average Bonchev–Trinajstić information content (AvgIpc) is 2.59. The molecule has 0 aliphatic carbocycles.